The van der Waals surface area contributed by atoms with Crippen LogP contribution in [0.15, 0.2) is 54.6 Å². The van der Waals surface area contributed by atoms with Gasteiger partial charge in [0.15, 0.2) is 0 Å². The van der Waals surface area contributed by atoms with Crippen molar-refractivity contribution >= 4 is 17.5 Å². The molecule has 0 atom stereocenters. The maximum absolute atomic E-state index is 13.4. The molecule has 0 heterocycles. The van der Waals surface area contributed by atoms with Gasteiger partial charge in [0.25, 0.3) is 5.91 Å². The van der Waals surface area contributed by atoms with E-state index in [1.807, 2.05) is 18.2 Å². The molecule has 2 aliphatic carbocycles. The zero-order chi connectivity index (χ0) is 21.4. The van der Waals surface area contributed by atoms with E-state index in [4.69, 9.17) is 0 Å². The number of carbonyl (C=O) groups excluding carboxylic acids is 2. The molecule has 0 spiro atoms. The van der Waals surface area contributed by atoms with Crippen LogP contribution in [0.3, 0.4) is 0 Å². The summed E-state index contributed by atoms with van der Waals surface area (Å²) in [7, 11) is 0. The minimum Gasteiger partial charge on any atom is -0.324 e. The highest BCUT2D eigenvalue weighted by Crippen LogP contribution is 2.44. The molecular formula is C23H23F3N2O2. The number of hydrogen-bond donors (Lipinski definition) is 1. The molecule has 2 aromatic carbocycles. The third-order valence-electron chi connectivity index (χ3n) is 5.94. The van der Waals surface area contributed by atoms with Gasteiger partial charge in [-0.05, 0) is 62.1 Å². The van der Waals surface area contributed by atoms with Crippen LogP contribution in [0.4, 0.5) is 18.9 Å². The van der Waals surface area contributed by atoms with E-state index in [1.54, 1.807) is 17.0 Å². The lowest BCUT2D eigenvalue weighted by Crippen LogP contribution is -2.58. The fourth-order valence-electron chi connectivity index (χ4n) is 4.29. The number of amides is 2. The Morgan fingerprint density at radius 2 is 1.53 bits per heavy atom. The van der Waals surface area contributed by atoms with Crippen LogP contribution in [-0.2, 0) is 11.0 Å². The van der Waals surface area contributed by atoms with E-state index in [1.165, 1.54) is 12.1 Å². The van der Waals surface area contributed by atoms with E-state index in [9.17, 15) is 22.8 Å². The fraction of sp³-hybridized carbons (Fsp3) is 0.391. The second kappa shape index (κ2) is 7.78. The third-order valence-corrected chi connectivity index (χ3v) is 5.94. The molecule has 4 nitrogen and oxygen atoms in total. The van der Waals surface area contributed by atoms with Crippen molar-refractivity contribution < 1.29 is 22.8 Å². The van der Waals surface area contributed by atoms with E-state index in [-0.39, 0.29) is 23.4 Å². The zero-order valence-electron chi connectivity index (χ0n) is 16.4. The van der Waals surface area contributed by atoms with Crippen LogP contribution >= 0.6 is 0 Å². The Kier molecular flexibility index (Phi) is 5.30. The summed E-state index contributed by atoms with van der Waals surface area (Å²) in [6.07, 6.45) is -0.111. The summed E-state index contributed by atoms with van der Waals surface area (Å²) in [5.41, 5.74) is -0.939. The average molecular weight is 416 g/mol. The number of benzene rings is 2. The Labute approximate surface area is 173 Å². The van der Waals surface area contributed by atoms with Gasteiger partial charge >= 0.3 is 6.18 Å². The molecule has 0 unspecified atom stereocenters. The molecule has 2 aliphatic rings. The smallest absolute Gasteiger partial charge is 0.324 e. The molecular weight excluding hydrogens is 393 g/mol. The van der Waals surface area contributed by atoms with Gasteiger partial charge in [-0.15, -0.1) is 0 Å². The molecule has 30 heavy (non-hydrogen) atoms. The van der Waals surface area contributed by atoms with Crippen molar-refractivity contribution in [2.75, 3.05) is 5.32 Å². The Balaban J connectivity index is 1.64. The average Bonchev–Trinajstić information content (AvgIpc) is 3.43. The van der Waals surface area contributed by atoms with Crippen molar-refractivity contribution in [2.24, 2.45) is 0 Å². The van der Waals surface area contributed by atoms with Gasteiger partial charge in [-0.1, -0.05) is 31.0 Å². The first kappa shape index (κ1) is 20.4. The largest absolute Gasteiger partial charge is 0.416 e. The number of halogens is 3. The van der Waals surface area contributed by atoms with Crippen molar-refractivity contribution in [3.8, 4) is 0 Å². The number of anilines is 1. The summed E-state index contributed by atoms with van der Waals surface area (Å²) in [4.78, 5) is 28.4. The third kappa shape index (κ3) is 3.93. The Morgan fingerprint density at radius 1 is 0.933 bits per heavy atom. The van der Waals surface area contributed by atoms with Gasteiger partial charge in [-0.2, -0.15) is 13.2 Å². The van der Waals surface area contributed by atoms with Crippen LogP contribution in [0, 0.1) is 0 Å². The number of alkyl halides is 3. The first-order valence-electron chi connectivity index (χ1n) is 10.2. The minimum absolute atomic E-state index is 0.0561. The van der Waals surface area contributed by atoms with E-state index in [0.29, 0.717) is 18.5 Å². The minimum atomic E-state index is -4.46. The molecule has 7 heteroatoms. The maximum atomic E-state index is 13.4. The summed E-state index contributed by atoms with van der Waals surface area (Å²) >= 11 is 0. The van der Waals surface area contributed by atoms with Crippen molar-refractivity contribution in [1.29, 1.82) is 0 Å². The molecule has 2 amide bonds. The van der Waals surface area contributed by atoms with Gasteiger partial charge in [0.2, 0.25) is 5.91 Å². The van der Waals surface area contributed by atoms with Gasteiger partial charge in [0.05, 0.1) is 5.56 Å². The highest BCUT2D eigenvalue weighted by Gasteiger charge is 2.53. The van der Waals surface area contributed by atoms with E-state index < -0.39 is 17.3 Å². The summed E-state index contributed by atoms with van der Waals surface area (Å²) in [5.74, 6) is -0.602. The number of carbonyl (C=O) groups is 2. The monoisotopic (exact) mass is 416 g/mol. The van der Waals surface area contributed by atoms with Gasteiger partial charge in [-0.25, -0.2) is 0 Å². The van der Waals surface area contributed by atoms with Gasteiger partial charge in [0.1, 0.15) is 5.54 Å². The molecule has 1 N–H and O–H groups in total. The molecule has 4 rings (SSSR count). The quantitative estimate of drug-likeness (QED) is 0.723. The number of nitrogens with zero attached hydrogens (tertiary/aromatic N) is 1. The predicted octanol–water partition coefficient (Wildman–Crippen LogP) is 5.26. The first-order chi connectivity index (χ1) is 14.3. The van der Waals surface area contributed by atoms with E-state index in [0.717, 1.165) is 37.8 Å². The Bertz CT molecular complexity index is 916. The summed E-state index contributed by atoms with van der Waals surface area (Å²) in [6, 6.07) is 13.3. The molecule has 0 saturated heterocycles. The lowest BCUT2D eigenvalue weighted by Gasteiger charge is -2.40. The van der Waals surface area contributed by atoms with Crippen molar-refractivity contribution in [2.45, 2.75) is 56.3 Å². The SMILES string of the molecule is O=C(c1ccc(C(F)(F)F)cc1)N(C1CC1)C1(C(=O)Nc2ccccc2)CCCC1. The van der Waals surface area contributed by atoms with Crippen LogP contribution < -0.4 is 5.32 Å². The number of nitrogens with one attached hydrogen (secondary N) is 1. The highest BCUT2D eigenvalue weighted by molar-refractivity contribution is 6.04. The van der Waals surface area contributed by atoms with Gasteiger partial charge < -0.3 is 10.2 Å². The molecule has 0 radical (unpaired) electrons. The van der Waals surface area contributed by atoms with Crippen molar-refractivity contribution in [3.63, 3.8) is 0 Å². The summed E-state index contributed by atoms with van der Waals surface area (Å²) in [5, 5.41) is 2.94. The summed E-state index contributed by atoms with van der Waals surface area (Å²) < 4.78 is 38.7. The zero-order valence-corrected chi connectivity index (χ0v) is 16.4. The molecule has 158 valence electrons. The van der Waals surface area contributed by atoms with E-state index in [2.05, 4.69) is 5.32 Å². The predicted molar refractivity (Wildman–Crippen MR) is 107 cm³/mol. The summed E-state index contributed by atoms with van der Waals surface area (Å²) in [6.45, 7) is 0. The standard InChI is InChI=1S/C23H23F3N2O2/c24-23(25,26)17-10-8-16(9-11-17)20(29)28(19-12-13-19)22(14-4-5-15-22)21(30)27-18-6-2-1-3-7-18/h1-3,6-11,19H,4-5,12-15H2,(H,27,30). The van der Waals surface area contributed by atoms with Crippen molar-refractivity contribution in [3.05, 3.63) is 65.7 Å². The van der Waals surface area contributed by atoms with Gasteiger partial charge in [-0.3, -0.25) is 9.59 Å². The molecule has 0 bridgehead atoms. The second-order valence-electron chi connectivity index (χ2n) is 8.04. The lowest BCUT2D eigenvalue weighted by molar-refractivity contribution is -0.137. The second-order valence-corrected chi connectivity index (χ2v) is 8.04. The molecule has 2 fully saturated rings. The van der Waals surface area contributed by atoms with Crippen LogP contribution in [0.5, 0.6) is 0 Å². The highest BCUT2D eigenvalue weighted by atomic mass is 19.4. The van der Waals surface area contributed by atoms with Crippen LogP contribution in [0.2, 0.25) is 0 Å². The molecule has 0 aliphatic heterocycles. The lowest BCUT2D eigenvalue weighted by atomic mass is 9.91. The number of hydrogen-bond acceptors (Lipinski definition) is 2. The topological polar surface area (TPSA) is 49.4 Å². The van der Waals surface area contributed by atoms with Gasteiger partial charge in [0, 0.05) is 17.3 Å². The van der Waals surface area contributed by atoms with Crippen LogP contribution in [0.25, 0.3) is 0 Å². The van der Waals surface area contributed by atoms with Crippen LogP contribution in [0.1, 0.15) is 54.4 Å². The first-order valence-corrected chi connectivity index (χ1v) is 10.2. The Hall–Kier alpha value is -2.83. The normalized spacial score (nSPS) is 18.1. The molecule has 0 aromatic heterocycles. The molecule has 2 saturated carbocycles. The van der Waals surface area contributed by atoms with Crippen LogP contribution in [-0.4, -0.2) is 28.3 Å². The number of para-hydroxylation sites is 1. The van der Waals surface area contributed by atoms with Crippen molar-refractivity contribution in [1.82, 2.24) is 4.90 Å². The molecule has 2 aromatic rings. The maximum Gasteiger partial charge on any atom is 0.416 e. The van der Waals surface area contributed by atoms with E-state index >= 15 is 0 Å². The fourth-order valence-corrected chi connectivity index (χ4v) is 4.29. The number of rotatable bonds is 5. The Morgan fingerprint density at radius 3 is 2.07 bits per heavy atom.